The number of ether oxygens (including phenoxy) is 4. The Morgan fingerprint density at radius 3 is 2.00 bits per heavy atom. The van der Waals surface area contributed by atoms with E-state index in [1.807, 2.05) is 35.2 Å². The molecule has 1 saturated heterocycles. The van der Waals surface area contributed by atoms with Crippen LogP contribution in [-0.4, -0.2) is 57.2 Å². The van der Waals surface area contributed by atoms with Crippen LogP contribution in [0.2, 0.25) is 0 Å². The van der Waals surface area contributed by atoms with Crippen LogP contribution in [0.25, 0.3) is 21.5 Å². The van der Waals surface area contributed by atoms with Gasteiger partial charge in [0.05, 0.1) is 28.4 Å². The summed E-state index contributed by atoms with van der Waals surface area (Å²) >= 11 is 3.56. The highest BCUT2D eigenvalue weighted by Gasteiger charge is 2.30. The molecule has 0 N–H and O–H groups in total. The van der Waals surface area contributed by atoms with E-state index in [2.05, 4.69) is 15.9 Å². The zero-order chi connectivity index (χ0) is 22.1. The molecule has 1 aliphatic heterocycles. The third kappa shape index (κ3) is 3.65. The van der Waals surface area contributed by atoms with E-state index in [-0.39, 0.29) is 11.9 Å². The zero-order valence-electron chi connectivity index (χ0n) is 18.2. The maximum Gasteiger partial charge on any atom is 0.254 e. The van der Waals surface area contributed by atoms with Crippen LogP contribution in [0.15, 0.2) is 30.3 Å². The Morgan fingerprint density at radius 1 is 0.871 bits per heavy atom. The number of nitrogens with zero attached hydrogens (tertiary/aromatic N) is 1. The third-order valence-corrected chi connectivity index (χ3v) is 6.75. The number of carbonyl (C=O) groups excluding carboxylic acids is 1. The van der Waals surface area contributed by atoms with Crippen LogP contribution in [0.3, 0.4) is 0 Å². The molecule has 0 aliphatic carbocycles. The fraction of sp³-hybridized carbons (Fsp3) is 0.375. The molecule has 6 nitrogen and oxygen atoms in total. The molecule has 31 heavy (non-hydrogen) atoms. The first kappa shape index (κ1) is 21.6. The maximum absolute atomic E-state index is 13.7. The SMILES string of the molecule is COc1cc2cc(C(=O)N3CCCC3CBr)c3cc(OC)c(OC)cc3c2cc1OC. The van der Waals surface area contributed by atoms with Crippen LogP contribution >= 0.6 is 15.9 Å². The van der Waals surface area contributed by atoms with Crippen molar-refractivity contribution in [2.45, 2.75) is 18.9 Å². The van der Waals surface area contributed by atoms with E-state index in [1.54, 1.807) is 28.4 Å². The maximum atomic E-state index is 13.7. The van der Waals surface area contributed by atoms with Gasteiger partial charge in [-0.15, -0.1) is 0 Å². The molecule has 1 atom stereocenters. The standard InChI is InChI=1S/C24H26BrNO5/c1-28-20-9-14-8-19(24(27)26-7-5-6-15(26)13-25)18-12-23(31-4)22(30-3)11-17(18)16(14)10-21(20)29-2/h8-12,15H,5-7,13H2,1-4H3. The second kappa shape index (κ2) is 8.83. The average molecular weight is 488 g/mol. The lowest BCUT2D eigenvalue weighted by atomic mass is 9.95. The number of hydrogen-bond donors (Lipinski definition) is 0. The summed E-state index contributed by atoms with van der Waals surface area (Å²) in [4.78, 5) is 15.6. The van der Waals surface area contributed by atoms with Crippen molar-refractivity contribution in [1.82, 2.24) is 4.90 Å². The first-order chi connectivity index (χ1) is 15.1. The lowest BCUT2D eigenvalue weighted by Crippen LogP contribution is -2.36. The van der Waals surface area contributed by atoms with Crippen molar-refractivity contribution in [2.24, 2.45) is 0 Å². The lowest BCUT2D eigenvalue weighted by Gasteiger charge is -2.24. The molecule has 0 aromatic heterocycles. The third-order valence-electron chi connectivity index (χ3n) is 6.01. The van der Waals surface area contributed by atoms with Crippen LogP contribution < -0.4 is 18.9 Å². The van der Waals surface area contributed by atoms with Crippen molar-refractivity contribution in [3.63, 3.8) is 0 Å². The molecule has 4 rings (SSSR count). The Hall–Kier alpha value is -2.67. The van der Waals surface area contributed by atoms with E-state index in [0.717, 1.165) is 46.3 Å². The number of methoxy groups -OCH3 is 4. The van der Waals surface area contributed by atoms with E-state index in [9.17, 15) is 4.79 Å². The summed E-state index contributed by atoms with van der Waals surface area (Å²) in [7, 11) is 6.42. The molecule has 1 amide bonds. The summed E-state index contributed by atoms with van der Waals surface area (Å²) in [5, 5.41) is 4.34. The smallest absolute Gasteiger partial charge is 0.254 e. The number of halogens is 1. The van der Waals surface area contributed by atoms with Gasteiger partial charge in [0.15, 0.2) is 23.0 Å². The zero-order valence-corrected chi connectivity index (χ0v) is 19.7. The largest absolute Gasteiger partial charge is 0.493 e. The normalized spacial score (nSPS) is 16.0. The van der Waals surface area contributed by atoms with Crippen molar-refractivity contribution >= 4 is 43.4 Å². The number of likely N-dealkylation sites (tertiary alicyclic amines) is 1. The number of hydrogen-bond acceptors (Lipinski definition) is 5. The van der Waals surface area contributed by atoms with Gasteiger partial charge in [0.2, 0.25) is 0 Å². The van der Waals surface area contributed by atoms with Crippen molar-refractivity contribution in [1.29, 1.82) is 0 Å². The Kier molecular flexibility index (Phi) is 6.14. The highest BCUT2D eigenvalue weighted by atomic mass is 79.9. The second-order valence-corrected chi connectivity index (χ2v) is 8.20. The molecule has 1 aliphatic rings. The summed E-state index contributed by atoms with van der Waals surface area (Å²) in [5.41, 5.74) is 0.642. The fourth-order valence-electron chi connectivity index (χ4n) is 4.40. The average Bonchev–Trinajstić information content (AvgIpc) is 3.30. The summed E-state index contributed by atoms with van der Waals surface area (Å²) < 4.78 is 22.1. The molecule has 0 bridgehead atoms. The summed E-state index contributed by atoms with van der Waals surface area (Å²) in [6, 6.07) is 9.80. The second-order valence-electron chi connectivity index (χ2n) is 7.55. The molecule has 1 unspecified atom stereocenters. The summed E-state index contributed by atoms with van der Waals surface area (Å²) in [6.07, 6.45) is 2.01. The van der Waals surface area contributed by atoms with Gasteiger partial charge in [-0.3, -0.25) is 4.79 Å². The number of amides is 1. The molecule has 0 spiro atoms. The summed E-state index contributed by atoms with van der Waals surface area (Å²) in [5.74, 6) is 2.46. The van der Waals surface area contributed by atoms with Crippen molar-refractivity contribution in [2.75, 3.05) is 40.3 Å². The molecule has 1 heterocycles. The summed E-state index contributed by atoms with van der Waals surface area (Å²) in [6.45, 7) is 0.758. The van der Waals surface area contributed by atoms with Crippen LogP contribution in [-0.2, 0) is 0 Å². The lowest BCUT2D eigenvalue weighted by molar-refractivity contribution is 0.0752. The van der Waals surface area contributed by atoms with Gasteiger partial charge in [-0.25, -0.2) is 0 Å². The van der Waals surface area contributed by atoms with Gasteiger partial charge < -0.3 is 23.8 Å². The Balaban J connectivity index is 2.04. The van der Waals surface area contributed by atoms with Crippen LogP contribution in [0.5, 0.6) is 23.0 Å². The van der Waals surface area contributed by atoms with E-state index >= 15 is 0 Å². The highest BCUT2D eigenvalue weighted by Crippen LogP contribution is 2.41. The predicted molar refractivity (Wildman–Crippen MR) is 126 cm³/mol. The van der Waals surface area contributed by atoms with Gasteiger partial charge in [0, 0.05) is 23.5 Å². The minimum Gasteiger partial charge on any atom is -0.493 e. The first-order valence-electron chi connectivity index (χ1n) is 10.2. The molecule has 1 fully saturated rings. The molecule has 7 heteroatoms. The molecule has 0 saturated carbocycles. The number of fused-ring (bicyclic) bond motifs is 3. The molecule has 0 radical (unpaired) electrons. The minimum absolute atomic E-state index is 0.0239. The molecule has 164 valence electrons. The number of benzene rings is 3. The quantitative estimate of drug-likeness (QED) is 0.360. The molecule has 3 aromatic rings. The molecular formula is C24H26BrNO5. The van der Waals surface area contributed by atoms with Gasteiger partial charge in [0.25, 0.3) is 5.91 Å². The first-order valence-corrected chi connectivity index (χ1v) is 11.3. The van der Waals surface area contributed by atoms with Crippen molar-refractivity contribution < 1.29 is 23.7 Å². The number of carbonyl (C=O) groups is 1. The Morgan fingerprint density at radius 2 is 1.42 bits per heavy atom. The van der Waals surface area contributed by atoms with Crippen LogP contribution in [0.1, 0.15) is 23.2 Å². The van der Waals surface area contributed by atoms with E-state index in [1.165, 1.54) is 0 Å². The van der Waals surface area contributed by atoms with Gasteiger partial charge in [-0.2, -0.15) is 0 Å². The van der Waals surface area contributed by atoms with Gasteiger partial charge >= 0.3 is 0 Å². The monoisotopic (exact) mass is 487 g/mol. The topological polar surface area (TPSA) is 57.2 Å². The van der Waals surface area contributed by atoms with Gasteiger partial charge in [-0.05, 0) is 64.7 Å². The van der Waals surface area contributed by atoms with Crippen molar-refractivity contribution in [3.05, 3.63) is 35.9 Å². The molecule has 3 aromatic carbocycles. The van der Waals surface area contributed by atoms with E-state index in [0.29, 0.717) is 28.6 Å². The Bertz CT molecular complexity index is 1150. The van der Waals surface area contributed by atoms with Crippen molar-refractivity contribution in [3.8, 4) is 23.0 Å². The minimum atomic E-state index is 0.0239. The van der Waals surface area contributed by atoms with Crippen LogP contribution in [0.4, 0.5) is 0 Å². The van der Waals surface area contributed by atoms with Gasteiger partial charge in [0.1, 0.15) is 0 Å². The molecular weight excluding hydrogens is 462 g/mol. The number of alkyl halides is 1. The van der Waals surface area contributed by atoms with Crippen LogP contribution in [0, 0.1) is 0 Å². The Labute approximate surface area is 190 Å². The predicted octanol–water partition coefficient (Wildman–Crippen LogP) is 5.03. The van der Waals surface area contributed by atoms with Gasteiger partial charge in [-0.1, -0.05) is 15.9 Å². The highest BCUT2D eigenvalue weighted by molar-refractivity contribution is 9.09. The fourth-order valence-corrected chi connectivity index (χ4v) is 5.07. The van der Waals surface area contributed by atoms with E-state index < -0.39 is 0 Å². The van der Waals surface area contributed by atoms with E-state index in [4.69, 9.17) is 18.9 Å². The number of rotatable bonds is 6.